The van der Waals surface area contributed by atoms with Crippen molar-refractivity contribution in [2.45, 2.75) is 65.3 Å². The quantitative estimate of drug-likeness (QED) is 0.357. The van der Waals surface area contributed by atoms with Gasteiger partial charge < -0.3 is 0 Å². The van der Waals surface area contributed by atoms with E-state index < -0.39 is 0 Å². The molecular weight excluding hydrogens is 338 g/mol. The summed E-state index contributed by atoms with van der Waals surface area (Å²) in [5.41, 5.74) is 9.36. The number of nitrogens with zero attached hydrogens (tertiary/aromatic N) is 1. The summed E-state index contributed by atoms with van der Waals surface area (Å²) in [4.78, 5) is 0. The number of aromatic nitrogens is 1. The third kappa shape index (κ3) is 2.16. The maximum atomic E-state index is 4.40. The molecule has 1 aliphatic rings. The van der Waals surface area contributed by atoms with Crippen LogP contribution in [0.1, 0.15) is 55.9 Å². The Morgan fingerprint density at radius 2 is 1.71 bits per heavy atom. The molecule has 4 rings (SSSR count). The van der Waals surface area contributed by atoms with Crippen molar-refractivity contribution in [3.8, 4) is 11.3 Å². The van der Waals surface area contributed by atoms with E-state index in [0.29, 0.717) is 0 Å². The Hall–Kier alpha value is -2.41. The summed E-state index contributed by atoms with van der Waals surface area (Å²) in [6.07, 6.45) is 4.31. The zero-order chi connectivity index (χ0) is 20.3. The predicted octanol–water partition coefficient (Wildman–Crippen LogP) is 6.69. The number of benzene rings is 2. The molecule has 0 radical (unpaired) electrons. The van der Waals surface area contributed by atoms with E-state index in [9.17, 15) is 0 Å². The molecule has 1 aromatic heterocycles. The lowest BCUT2D eigenvalue weighted by Crippen LogP contribution is -2.68. The van der Waals surface area contributed by atoms with E-state index in [1.54, 1.807) is 0 Å². The molecule has 1 heteroatoms. The number of aryl methyl sites for hydroxylation is 3. The minimum atomic E-state index is -0.169. The summed E-state index contributed by atoms with van der Waals surface area (Å²) in [6, 6.07) is 16.0. The van der Waals surface area contributed by atoms with Crippen LogP contribution in [0.15, 0.2) is 55.1 Å². The first-order valence-electron chi connectivity index (χ1n) is 10.5. The standard InChI is InChI=1S/C27H32N/c1-8-26(7)25-20(6)16-18(4)17-22(25)24-15-14-21-19(5)12-11-13-23(21)28(24)27(26,9-2)10-3/h9,11-17H,2,8,10H2,1,3-7H3/q+1. The molecule has 2 unspecified atom stereocenters. The smallest absolute Gasteiger partial charge is 0.181 e. The van der Waals surface area contributed by atoms with E-state index >= 15 is 0 Å². The molecule has 144 valence electrons. The van der Waals surface area contributed by atoms with Gasteiger partial charge >= 0.3 is 0 Å². The van der Waals surface area contributed by atoms with Gasteiger partial charge in [-0.3, -0.25) is 0 Å². The van der Waals surface area contributed by atoms with Crippen molar-refractivity contribution in [1.29, 1.82) is 0 Å². The molecule has 1 nitrogen and oxygen atoms in total. The Labute approximate surface area is 169 Å². The van der Waals surface area contributed by atoms with Crippen LogP contribution in [0.2, 0.25) is 0 Å². The van der Waals surface area contributed by atoms with Gasteiger partial charge in [-0.1, -0.05) is 44.2 Å². The van der Waals surface area contributed by atoms with E-state index in [-0.39, 0.29) is 11.0 Å². The van der Waals surface area contributed by atoms with E-state index in [0.717, 1.165) is 12.8 Å². The van der Waals surface area contributed by atoms with Crippen molar-refractivity contribution >= 4 is 10.9 Å². The second-order valence-corrected chi connectivity index (χ2v) is 8.73. The highest BCUT2D eigenvalue weighted by atomic mass is 15.1. The van der Waals surface area contributed by atoms with Crippen LogP contribution in [0.5, 0.6) is 0 Å². The molecule has 1 aliphatic heterocycles. The predicted molar refractivity (Wildman–Crippen MR) is 120 cm³/mol. The number of hydrogen-bond acceptors (Lipinski definition) is 0. The van der Waals surface area contributed by atoms with Gasteiger partial charge in [-0.05, 0) is 69.0 Å². The minimum absolute atomic E-state index is 0.0215. The highest BCUT2D eigenvalue weighted by Crippen LogP contribution is 2.52. The number of fused-ring (bicyclic) bond motifs is 5. The van der Waals surface area contributed by atoms with Gasteiger partial charge in [-0.15, -0.1) is 0 Å². The Morgan fingerprint density at radius 1 is 0.964 bits per heavy atom. The second-order valence-electron chi connectivity index (χ2n) is 8.73. The van der Waals surface area contributed by atoms with Crippen molar-refractivity contribution in [1.82, 2.24) is 0 Å². The summed E-state index contributed by atoms with van der Waals surface area (Å²) < 4.78 is 2.60. The van der Waals surface area contributed by atoms with Crippen molar-refractivity contribution in [2.75, 3.05) is 0 Å². The fraction of sp³-hybridized carbons (Fsp3) is 0.370. The molecule has 3 aromatic rings. The highest BCUT2D eigenvalue weighted by Gasteiger charge is 2.58. The van der Waals surface area contributed by atoms with Crippen LogP contribution in [0.4, 0.5) is 0 Å². The lowest BCUT2D eigenvalue weighted by molar-refractivity contribution is -0.733. The summed E-state index contributed by atoms with van der Waals surface area (Å²) in [7, 11) is 0. The molecular formula is C27H32N+. The second kappa shape index (κ2) is 6.30. The maximum absolute atomic E-state index is 4.40. The number of pyridine rings is 1. The van der Waals surface area contributed by atoms with E-state index in [4.69, 9.17) is 0 Å². The average molecular weight is 371 g/mol. The normalized spacial score (nSPS) is 23.4. The summed E-state index contributed by atoms with van der Waals surface area (Å²) in [5.74, 6) is 0. The maximum Gasteiger partial charge on any atom is 0.214 e. The molecule has 2 aromatic carbocycles. The Kier molecular flexibility index (Phi) is 4.26. The first-order valence-corrected chi connectivity index (χ1v) is 10.5. The number of allylic oxidation sites excluding steroid dienone is 1. The van der Waals surface area contributed by atoms with Gasteiger partial charge in [0.05, 0.1) is 11.0 Å². The van der Waals surface area contributed by atoms with Crippen molar-refractivity contribution in [3.63, 3.8) is 0 Å². The van der Waals surface area contributed by atoms with Gasteiger partial charge in [-0.2, -0.15) is 4.57 Å². The summed E-state index contributed by atoms with van der Waals surface area (Å²) >= 11 is 0. The molecule has 28 heavy (non-hydrogen) atoms. The van der Waals surface area contributed by atoms with Gasteiger partial charge in [0.15, 0.2) is 5.54 Å². The summed E-state index contributed by atoms with van der Waals surface area (Å²) in [6.45, 7) is 18.2. The Bertz CT molecular complexity index is 1110. The Morgan fingerprint density at radius 3 is 2.36 bits per heavy atom. The van der Waals surface area contributed by atoms with Crippen LogP contribution in [0.3, 0.4) is 0 Å². The molecule has 0 amide bonds. The van der Waals surface area contributed by atoms with Crippen LogP contribution in [0, 0.1) is 20.8 Å². The van der Waals surface area contributed by atoms with Gasteiger partial charge in [0.2, 0.25) is 11.2 Å². The monoisotopic (exact) mass is 370 g/mol. The zero-order valence-corrected chi connectivity index (χ0v) is 18.2. The van der Waals surface area contributed by atoms with Crippen molar-refractivity contribution < 1.29 is 4.57 Å². The van der Waals surface area contributed by atoms with Crippen molar-refractivity contribution in [3.05, 3.63) is 77.4 Å². The highest BCUT2D eigenvalue weighted by molar-refractivity contribution is 5.82. The van der Waals surface area contributed by atoms with Crippen molar-refractivity contribution in [2.24, 2.45) is 0 Å². The molecule has 0 saturated heterocycles. The fourth-order valence-electron chi connectivity index (χ4n) is 5.94. The lowest BCUT2D eigenvalue weighted by Gasteiger charge is -2.47. The third-order valence-electron chi connectivity index (χ3n) is 7.44. The van der Waals surface area contributed by atoms with Crippen LogP contribution < -0.4 is 4.57 Å². The molecule has 2 atom stereocenters. The first kappa shape index (κ1) is 18.9. The molecule has 0 aliphatic carbocycles. The summed E-state index contributed by atoms with van der Waals surface area (Å²) in [5, 5.41) is 1.33. The first-order chi connectivity index (χ1) is 13.3. The largest absolute Gasteiger partial charge is 0.214 e. The lowest BCUT2D eigenvalue weighted by atomic mass is 9.58. The zero-order valence-electron chi connectivity index (χ0n) is 18.2. The average Bonchev–Trinajstić information content (AvgIpc) is 2.68. The van der Waals surface area contributed by atoms with Crippen LogP contribution in [-0.2, 0) is 11.0 Å². The molecule has 0 N–H and O–H groups in total. The van der Waals surface area contributed by atoms with Gasteiger partial charge in [0.25, 0.3) is 0 Å². The van der Waals surface area contributed by atoms with Crippen LogP contribution in [0.25, 0.3) is 22.2 Å². The molecule has 0 bridgehead atoms. The van der Waals surface area contributed by atoms with Gasteiger partial charge in [-0.25, -0.2) is 0 Å². The van der Waals surface area contributed by atoms with Crippen LogP contribution >= 0.6 is 0 Å². The van der Waals surface area contributed by atoms with E-state index in [1.165, 1.54) is 44.4 Å². The molecule has 2 heterocycles. The molecule has 0 saturated carbocycles. The fourth-order valence-corrected chi connectivity index (χ4v) is 5.94. The van der Waals surface area contributed by atoms with Crippen LogP contribution in [-0.4, -0.2) is 0 Å². The van der Waals surface area contributed by atoms with E-state index in [2.05, 4.69) is 101 Å². The SMILES string of the molecule is C=CC1(CC)[n+]2c(ccc3c(C)cccc32)-c2cc(C)cc(C)c2C1(C)CC. The molecule has 0 fully saturated rings. The minimum Gasteiger partial charge on any atom is -0.181 e. The van der Waals surface area contributed by atoms with E-state index in [1.807, 2.05) is 0 Å². The Balaban J connectivity index is 2.30. The number of rotatable bonds is 3. The van der Waals surface area contributed by atoms with Gasteiger partial charge in [0, 0.05) is 23.9 Å². The van der Waals surface area contributed by atoms with Gasteiger partial charge in [0.1, 0.15) is 0 Å². The third-order valence-corrected chi connectivity index (χ3v) is 7.44. The molecule has 0 spiro atoms. The number of hydrogen-bond donors (Lipinski definition) is 0. The topological polar surface area (TPSA) is 3.88 Å².